The molecule has 230 valence electrons. The van der Waals surface area contributed by atoms with E-state index in [1.54, 1.807) is 0 Å². The van der Waals surface area contributed by atoms with Gasteiger partial charge in [0.1, 0.15) is 12.6 Å². The van der Waals surface area contributed by atoms with E-state index < -0.39 is 11.2 Å². The molecule has 0 fully saturated rings. The predicted molar refractivity (Wildman–Crippen MR) is 181 cm³/mol. The highest BCUT2D eigenvalue weighted by Crippen LogP contribution is 2.42. The molecule has 0 saturated carbocycles. The van der Waals surface area contributed by atoms with Gasteiger partial charge in [-0.05, 0) is 118 Å². The summed E-state index contributed by atoms with van der Waals surface area (Å²) in [6, 6.07) is 0. The summed E-state index contributed by atoms with van der Waals surface area (Å²) in [4.78, 5) is 28.3. The molecule has 7 nitrogen and oxygen atoms in total. The average molecular weight is 594 g/mol. The molecule has 0 atom stereocenters. The summed E-state index contributed by atoms with van der Waals surface area (Å²) in [6.45, 7) is 17.4. The molecule has 2 aliphatic heterocycles. The Labute approximate surface area is 260 Å². The van der Waals surface area contributed by atoms with Crippen LogP contribution in [0.2, 0.25) is 0 Å². The van der Waals surface area contributed by atoms with Crippen molar-refractivity contribution in [1.82, 2.24) is 9.13 Å². The van der Waals surface area contributed by atoms with Crippen LogP contribution in [0.25, 0.3) is 5.57 Å². The van der Waals surface area contributed by atoms with E-state index in [1.165, 1.54) is 81.1 Å². The van der Waals surface area contributed by atoms with Crippen LogP contribution in [0.3, 0.4) is 0 Å². The predicted octanol–water partition coefficient (Wildman–Crippen LogP) is 5.74. The van der Waals surface area contributed by atoms with Gasteiger partial charge < -0.3 is 10.0 Å². The minimum absolute atomic E-state index is 0.0951. The maximum absolute atomic E-state index is 13.5. The molecule has 1 N–H and O–H groups in total. The number of aromatic hydroxyl groups is 1. The fraction of sp³-hybridized carbons (Fsp3) is 0.378. The number of aromatic nitrogens is 2. The molecule has 2 aromatic carbocycles. The minimum Gasteiger partial charge on any atom is -0.494 e. The van der Waals surface area contributed by atoms with Crippen LogP contribution in [0.1, 0.15) is 61.2 Å². The zero-order chi connectivity index (χ0) is 32.5. The second-order valence-electron chi connectivity index (χ2n) is 12.6. The van der Waals surface area contributed by atoms with Crippen LogP contribution in [0, 0.1) is 55.4 Å². The maximum atomic E-state index is 13.5. The summed E-state index contributed by atoms with van der Waals surface area (Å²) < 4.78 is 4.39. The first-order chi connectivity index (χ1) is 20.6. The SMILES string of the molecule is Cc1c(C)c(C)c2c(c1C)CC(=CC=C(C=CC1=[N+](C)c3c(C)c(C)c(C)c(C)c3C1)c1c(O)n(C)c(=O)n(C)c1=O)N2C. The van der Waals surface area contributed by atoms with Gasteiger partial charge in [-0.1, -0.05) is 6.08 Å². The third-order valence-corrected chi connectivity index (χ3v) is 10.6. The van der Waals surface area contributed by atoms with Crippen molar-refractivity contribution in [2.45, 2.75) is 68.2 Å². The smallest absolute Gasteiger partial charge is 0.333 e. The Morgan fingerprint density at radius 2 is 1.32 bits per heavy atom. The lowest BCUT2D eigenvalue weighted by molar-refractivity contribution is -0.401. The molecule has 0 unspecified atom stereocenters. The van der Waals surface area contributed by atoms with Crippen LogP contribution in [-0.2, 0) is 26.9 Å². The molecule has 0 amide bonds. The molecule has 3 aromatic rings. The van der Waals surface area contributed by atoms with Gasteiger partial charge in [-0.15, -0.1) is 0 Å². The van der Waals surface area contributed by atoms with E-state index >= 15 is 0 Å². The summed E-state index contributed by atoms with van der Waals surface area (Å²) >= 11 is 0. The van der Waals surface area contributed by atoms with Crippen molar-refractivity contribution in [2.75, 3.05) is 19.0 Å². The number of likely N-dealkylation sites (N-methyl/N-ethyl adjacent to an activating group) is 1. The van der Waals surface area contributed by atoms with Gasteiger partial charge >= 0.3 is 5.69 Å². The van der Waals surface area contributed by atoms with Crippen LogP contribution >= 0.6 is 0 Å². The van der Waals surface area contributed by atoms with Gasteiger partial charge in [0.2, 0.25) is 11.6 Å². The van der Waals surface area contributed by atoms with E-state index in [2.05, 4.69) is 79.0 Å². The summed E-state index contributed by atoms with van der Waals surface area (Å²) in [6.07, 6.45) is 9.41. The third kappa shape index (κ3) is 4.52. The Morgan fingerprint density at radius 1 is 0.750 bits per heavy atom. The van der Waals surface area contributed by atoms with Crippen molar-refractivity contribution in [3.8, 4) is 5.88 Å². The summed E-state index contributed by atoms with van der Waals surface area (Å²) in [7, 11) is 7.09. The Balaban J connectivity index is 1.66. The van der Waals surface area contributed by atoms with E-state index in [4.69, 9.17) is 0 Å². The molecule has 44 heavy (non-hydrogen) atoms. The standard InChI is InChI=1S/C37H44N4O3/c1-19-21(3)25(7)33-30(23(19)5)17-28(38(33)9)15-13-27(32-35(42)40(11)37(44)41(12)36(32)43)14-16-29-18-31-24(6)20(2)22(4)26(8)34(31)39(29)10/h13-16H,17-18H2,1-12H3/p+1. The Bertz CT molecular complexity index is 2030. The molecule has 0 bridgehead atoms. The van der Waals surface area contributed by atoms with Gasteiger partial charge in [0, 0.05) is 56.2 Å². The lowest BCUT2D eigenvalue weighted by atomic mass is 9.91. The number of allylic oxidation sites excluding steroid dienone is 6. The molecule has 5 rings (SSSR count). The lowest BCUT2D eigenvalue weighted by Crippen LogP contribution is -2.38. The van der Waals surface area contributed by atoms with Gasteiger partial charge in [-0.25, -0.2) is 4.79 Å². The van der Waals surface area contributed by atoms with Gasteiger partial charge in [0.05, 0.1) is 6.42 Å². The topological polar surface area (TPSA) is 70.5 Å². The fourth-order valence-corrected chi connectivity index (χ4v) is 6.99. The van der Waals surface area contributed by atoms with Crippen LogP contribution < -0.4 is 16.1 Å². The van der Waals surface area contributed by atoms with E-state index in [-0.39, 0.29) is 11.4 Å². The molecular formula is C37H45N4O3+. The molecule has 0 radical (unpaired) electrons. The molecular weight excluding hydrogens is 548 g/mol. The zero-order valence-corrected chi connectivity index (χ0v) is 28.3. The van der Waals surface area contributed by atoms with E-state index in [9.17, 15) is 14.7 Å². The molecule has 7 heteroatoms. The van der Waals surface area contributed by atoms with Gasteiger partial charge in [-0.3, -0.25) is 13.9 Å². The molecule has 0 spiro atoms. The highest BCUT2D eigenvalue weighted by atomic mass is 16.3. The summed E-state index contributed by atoms with van der Waals surface area (Å²) in [5, 5.41) is 11.1. The van der Waals surface area contributed by atoms with Crippen molar-refractivity contribution in [3.63, 3.8) is 0 Å². The van der Waals surface area contributed by atoms with E-state index in [0.29, 0.717) is 5.57 Å². The zero-order valence-electron chi connectivity index (χ0n) is 28.3. The van der Waals surface area contributed by atoms with Crippen molar-refractivity contribution in [3.05, 3.63) is 112 Å². The molecule has 3 heterocycles. The monoisotopic (exact) mass is 593 g/mol. The minimum atomic E-state index is -0.572. The van der Waals surface area contributed by atoms with E-state index in [0.717, 1.165) is 33.4 Å². The largest absolute Gasteiger partial charge is 0.494 e. The summed E-state index contributed by atoms with van der Waals surface area (Å²) in [5.74, 6) is -0.348. The number of fused-ring (bicyclic) bond motifs is 2. The Kier molecular flexibility index (Phi) is 7.73. The first-order valence-electron chi connectivity index (χ1n) is 15.2. The first kappa shape index (κ1) is 31.0. The Morgan fingerprint density at radius 3 is 1.95 bits per heavy atom. The van der Waals surface area contributed by atoms with E-state index in [1.807, 2.05) is 24.3 Å². The van der Waals surface area contributed by atoms with Gasteiger partial charge in [0.15, 0.2) is 5.71 Å². The van der Waals surface area contributed by atoms with Gasteiger partial charge in [-0.2, -0.15) is 4.58 Å². The maximum Gasteiger partial charge on any atom is 0.333 e. The van der Waals surface area contributed by atoms with Crippen LogP contribution in [0.15, 0.2) is 39.6 Å². The van der Waals surface area contributed by atoms with Crippen LogP contribution in [0.5, 0.6) is 5.88 Å². The second kappa shape index (κ2) is 11.0. The molecule has 2 aliphatic rings. The molecule has 0 aliphatic carbocycles. The summed E-state index contributed by atoms with van der Waals surface area (Å²) in [5.41, 5.74) is 17.3. The number of hydrogen-bond acceptors (Lipinski definition) is 4. The van der Waals surface area contributed by atoms with Crippen molar-refractivity contribution >= 4 is 22.7 Å². The highest BCUT2D eigenvalue weighted by Gasteiger charge is 2.31. The fourth-order valence-electron chi connectivity index (χ4n) is 6.99. The molecule has 0 saturated heterocycles. The second-order valence-corrected chi connectivity index (χ2v) is 12.6. The normalized spacial score (nSPS) is 15.8. The Hall–Kier alpha value is -4.39. The number of benzene rings is 2. The number of hydrogen-bond donors (Lipinski definition) is 1. The van der Waals surface area contributed by atoms with Crippen LogP contribution in [0.4, 0.5) is 11.4 Å². The molecule has 1 aromatic heterocycles. The van der Waals surface area contributed by atoms with Gasteiger partial charge in [0.25, 0.3) is 5.56 Å². The highest BCUT2D eigenvalue weighted by molar-refractivity contribution is 5.99. The average Bonchev–Trinajstić information content (AvgIpc) is 3.51. The third-order valence-electron chi connectivity index (χ3n) is 10.6. The lowest BCUT2D eigenvalue weighted by Gasteiger charge is -2.20. The van der Waals surface area contributed by atoms with Crippen molar-refractivity contribution in [1.29, 1.82) is 0 Å². The first-order valence-corrected chi connectivity index (χ1v) is 15.2. The van der Waals surface area contributed by atoms with Crippen LogP contribution in [-0.4, -0.2) is 38.6 Å². The number of rotatable bonds is 4. The quantitative estimate of drug-likeness (QED) is 0.309. The van der Waals surface area contributed by atoms with Crippen molar-refractivity contribution in [2.24, 2.45) is 14.1 Å². The van der Waals surface area contributed by atoms with Crippen molar-refractivity contribution < 1.29 is 9.68 Å². The number of nitrogens with zero attached hydrogens (tertiary/aromatic N) is 4. The number of anilines is 1.